The molecule has 8 N–H and O–H groups in total. The lowest BCUT2D eigenvalue weighted by atomic mass is 10.1. The fourth-order valence-corrected chi connectivity index (χ4v) is 10.8. The average Bonchev–Trinajstić information content (AvgIpc) is 3.87. The Hall–Kier alpha value is -6.52. The van der Waals surface area contributed by atoms with Crippen LogP contribution in [0.3, 0.4) is 0 Å². The van der Waals surface area contributed by atoms with Gasteiger partial charge in [-0.1, -0.05) is 23.1 Å². The van der Waals surface area contributed by atoms with E-state index in [0.717, 1.165) is 59.5 Å². The van der Waals surface area contributed by atoms with Crippen molar-refractivity contribution in [3.63, 3.8) is 0 Å². The van der Waals surface area contributed by atoms with Crippen LogP contribution in [0.15, 0.2) is 104 Å². The summed E-state index contributed by atoms with van der Waals surface area (Å²) in [5.41, 5.74) is -3.87. The molecule has 2 heterocycles. The zero-order chi connectivity index (χ0) is 53.1. The van der Waals surface area contributed by atoms with Gasteiger partial charge in [-0.2, -0.15) is 51.9 Å². The second-order valence-electron chi connectivity index (χ2n) is 14.3. The molecule has 0 unspecified atom stereocenters. The van der Waals surface area contributed by atoms with Crippen LogP contribution in [0, 0.1) is 6.92 Å². The van der Waals surface area contributed by atoms with Gasteiger partial charge < -0.3 is 20.1 Å². The van der Waals surface area contributed by atoms with Crippen LogP contribution in [0.25, 0.3) is 16.5 Å². The summed E-state index contributed by atoms with van der Waals surface area (Å²) in [5.74, 6) is -5.19. The van der Waals surface area contributed by atoms with Crippen molar-refractivity contribution in [1.29, 1.82) is 0 Å². The summed E-state index contributed by atoms with van der Waals surface area (Å²) in [4.78, 5) is 8.94. The maximum atomic E-state index is 12.9. The van der Waals surface area contributed by atoms with Crippen LogP contribution in [-0.4, -0.2) is 130 Å². The maximum Gasteiger partial charge on any atom is 0.358 e. The minimum absolute atomic E-state index is 0.0494. The molecule has 0 saturated carbocycles. The highest BCUT2D eigenvalue weighted by molar-refractivity contribution is 8.01. The fourth-order valence-electron chi connectivity index (χ4n) is 5.99. The lowest BCUT2D eigenvalue weighted by Crippen LogP contribution is -2.08. The van der Waals surface area contributed by atoms with E-state index in [1.165, 1.54) is 19.1 Å². The number of azo groups is 3. The number of aromatic carboxylic acids is 1. The highest BCUT2D eigenvalue weighted by Gasteiger charge is 2.29. The van der Waals surface area contributed by atoms with Gasteiger partial charge in [0.2, 0.25) is 11.6 Å². The van der Waals surface area contributed by atoms with Crippen molar-refractivity contribution in [3.8, 4) is 23.1 Å². The fraction of sp³-hybridized carbons (Fsp3) is 0.200. The van der Waals surface area contributed by atoms with E-state index in [2.05, 4.69) is 46.0 Å². The third kappa shape index (κ3) is 13.7. The molecule has 0 bridgehead atoms. The van der Waals surface area contributed by atoms with Crippen molar-refractivity contribution in [3.05, 3.63) is 65.9 Å². The summed E-state index contributed by atoms with van der Waals surface area (Å²) in [6.07, 6.45) is -0.152. The summed E-state index contributed by atoms with van der Waals surface area (Å²) in [7, 11) is -24.3. The summed E-state index contributed by atoms with van der Waals surface area (Å²) < 4.78 is 174. The first kappa shape index (κ1) is 54.8. The number of carbonyl (C=O) groups is 1. The third-order valence-electron chi connectivity index (χ3n) is 9.13. The number of phenols is 1. The summed E-state index contributed by atoms with van der Waals surface area (Å²) >= 11 is 2.12. The molecular formula is C35H32N10O20S7. The minimum Gasteiger partial charge on any atom is -0.505 e. The molecule has 0 spiro atoms. The van der Waals surface area contributed by atoms with E-state index in [1.54, 1.807) is 0 Å². The highest BCUT2D eigenvalue weighted by Crippen LogP contribution is 2.47. The lowest BCUT2D eigenvalue weighted by Gasteiger charge is -2.13. The number of fused-ring (bicyclic) bond motifs is 1. The molecule has 6 aromatic rings. The minimum atomic E-state index is -5.55. The molecule has 4 aromatic carbocycles. The maximum absolute atomic E-state index is 12.9. The Labute approximate surface area is 413 Å². The SMILES string of the molecule is Cc1cc(N=Nc2c(S(=O)(=O)O)cc3c(S(=O)(=O)O)c(N=Nc4c(C(=O)O)nn(-c5ccc(S(=O)(=O)O)cc5)c4O)ccc3c2O)c(OCCCS(=O)(=O)O)cc1N=Nc1nnc(SCCCS(=O)(=O)O)s1. The first-order chi connectivity index (χ1) is 33.4. The molecule has 2 aromatic heterocycles. The topological polar surface area (TPSA) is 477 Å². The number of carboxylic acid groups (broad SMARTS) is 1. The molecule has 30 nitrogen and oxygen atoms in total. The van der Waals surface area contributed by atoms with E-state index < -0.39 is 128 Å². The number of aryl methyl sites for hydroxylation is 1. The predicted octanol–water partition coefficient (Wildman–Crippen LogP) is 6.31. The Bertz CT molecular complexity index is 3810. The third-order valence-corrected chi connectivity index (χ3v) is 15.4. The van der Waals surface area contributed by atoms with Crippen molar-refractivity contribution in [2.75, 3.05) is 23.9 Å². The lowest BCUT2D eigenvalue weighted by molar-refractivity contribution is 0.0690. The Kier molecular flexibility index (Phi) is 16.2. The molecule has 37 heteroatoms. The smallest absolute Gasteiger partial charge is 0.358 e. The van der Waals surface area contributed by atoms with E-state index in [9.17, 15) is 80.4 Å². The monoisotopic (exact) mass is 1140 g/mol. The normalized spacial score (nSPS) is 13.0. The van der Waals surface area contributed by atoms with E-state index in [0.29, 0.717) is 15.1 Å². The van der Waals surface area contributed by atoms with Gasteiger partial charge in [-0.15, -0.1) is 40.9 Å². The number of thioether (sulfide) groups is 1. The second kappa shape index (κ2) is 21.3. The first-order valence-electron chi connectivity index (χ1n) is 19.2. The quantitative estimate of drug-likeness (QED) is 0.0169. The van der Waals surface area contributed by atoms with Crippen LogP contribution in [0.1, 0.15) is 28.9 Å². The standard InChI is InChI=1S/C35H32N10O20S7/c1-17-14-24(25(65-10-2-12-68(50,51)52)16-23(17)37-41-34-42-43-35(67-34)66-11-3-13-69(53,54)55)38-39-27-26(71(59,60)61)15-21-20(30(27)46)8-9-22(31(21)72(62,63)64)36-40-28-29(33(48)49)44-45(32(28)47)18-4-6-19(7-5-18)70(56,57)58/h4-9,14-16,46-47H,2-3,10-13H2,1H3,(H,48,49)(H,50,51,52)(H,53,54,55)(H,56,57,58)(H,59,60,61)(H,62,63,64). The van der Waals surface area contributed by atoms with Crippen molar-refractivity contribution in [2.24, 2.45) is 30.7 Å². The zero-order valence-corrected chi connectivity index (χ0v) is 41.5. The molecule has 0 saturated heterocycles. The number of ether oxygens (including phenoxy) is 1. The molecule has 0 radical (unpaired) electrons. The number of carboxylic acids is 1. The van der Waals surface area contributed by atoms with Crippen molar-refractivity contribution in [1.82, 2.24) is 20.0 Å². The van der Waals surface area contributed by atoms with Gasteiger partial charge in [0.15, 0.2) is 15.8 Å². The molecule has 6 rings (SSSR count). The highest BCUT2D eigenvalue weighted by atomic mass is 32.2. The molecular weight excluding hydrogens is 1100 g/mol. The van der Waals surface area contributed by atoms with Gasteiger partial charge in [0.25, 0.3) is 55.7 Å². The number of benzene rings is 4. The van der Waals surface area contributed by atoms with Crippen LogP contribution in [0.5, 0.6) is 17.4 Å². The molecule has 0 amide bonds. The van der Waals surface area contributed by atoms with Crippen LogP contribution >= 0.6 is 23.1 Å². The number of hydrogen-bond donors (Lipinski definition) is 8. The summed E-state index contributed by atoms with van der Waals surface area (Å²) in [6.45, 7) is 1.11. The Balaban J connectivity index is 1.40. The largest absolute Gasteiger partial charge is 0.505 e. The van der Waals surface area contributed by atoms with Crippen LogP contribution in [-0.2, 0) is 50.6 Å². The average molecular weight is 1140 g/mol. The van der Waals surface area contributed by atoms with Gasteiger partial charge >= 0.3 is 5.97 Å². The zero-order valence-electron chi connectivity index (χ0n) is 35.7. The van der Waals surface area contributed by atoms with Crippen LogP contribution < -0.4 is 4.74 Å². The summed E-state index contributed by atoms with van der Waals surface area (Å²) in [5, 5.41) is 65.5. The van der Waals surface area contributed by atoms with E-state index in [-0.39, 0.29) is 58.7 Å². The number of rotatable bonds is 21. The molecule has 0 aliphatic heterocycles. The van der Waals surface area contributed by atoms with E-state index >= 15 is 0 Å². The molecule has 0 aliphatic carbocycles. The second-order valence-corrected chi connectivity index (χ2v) is 23.9. The number of nitrogens with zero attached hydrogens (tertiary/aromatic N) is 10. The molecule has 0 atom stereocenters. The molecule has 72 heavy (non-hydrogen) atoms. The van der Waals surface area contributed by atoms with E-state index in [4.69, 9.17) is 9.29 Å². The predicted molar refractivity (Wildman–Crippen MR) is 249 cm³/mol. The Morgan fingerprint density at radius 3 is 1.93 bits per heavy atom. The number of aromatic hydroxyl groups is 2. The molecule has 0 fully saturated rings. The van der Waals surface area contributed by atoms with Crippen molar-refractivity contribution in [2.45, 2.75) is 38.8 Å². The number of hydrogen-bond acceptors (Lipinski definition) is 25. The van der Waals surface area contributed by atoms with Crippen molar-refractivity contribution >= 4 is 124 Å². The van der Waals surface area contributed by atoms with Gasteiger partial charge in [0.1, 0.15) is 32.6 Å². The molecule has 0 aliphatic rings. The van der Waals surface area contributed by atoms with Gasteiger partial charge in [0, 0.05) is 22.6 Å². The van der Waals surface area contributed by atoms with E-state index in [1.807, 2.05) is 0 Å². The number of aromatic nitrogens is 4. The van der Waals surface area contributed by atoms with Gasteiger partial charge in [-0.3, -0.25) is 22.8 Å². The first-order valence-corrected chi connectivity index (χ1v) is 28.6. The Morgan fingerprint density at radius 1 is 0.694 bits per heavy atom. The van der Waals surface area contributed by atoms with Gasteiger partial charge in [0.05, 0.1) is 34.4 Å². The van der Waals surface area contributed by atoms with Gasteiger partial charge in [-0.05, 0) is 73.9 Å². The van der Waals surface area contributed by atoms with Crippen LogP contribution in [0.4, 0.5) is 33.6 Å². The Morgan fingerprint density at radius 2 is 1.32 bits per heavy atom. The molecule has 384 valence electrons. The van der Waals surface area contributed by atoms with Crippen LogP contribution in [0.2, 0.25) is 0 Å². The van der Waals surface area contributed by atoms with Crippen molar-refractivity contribution < 1.29 is 89.7 Å². The summed E-state index contributed by atoms with van der Waals surface area (Å²) in [6, 6.07) is 8.45. The number of phenolic OH excluding ortho intramolecular Hbond substituents is 1. The van der Waals surface area contributed by atoms with Gasteiger partial charge in [-0.25, -0.2) is 4.79 Å².